The second-order valence-corrected chi connectivity index (χ2v) is 10.6. The van der Waals surface area contributed by atoms with Crippen molar-refractivity contribution in [2.75, 3.05) is 11.9 Å². The molecule has 2 amide bonds. The van der Waals surface area contributed by atoms with Gasteiger partial charge in [-0.05, 0) is 30.4 Å². The smallest absolute Gasteiger partial charge is 0.266 e. The molecule has 0 radical (unpaired) electrons. The second-order valence-electron chi connectivity index (χ2n) is 7.11. The molecule has 0 aliphatic carbocycles. The third-order valence-electron chi connectivity index (χ3n) is 4.80. The van der Waals surface area contributed by atoms with Crippen LogP contribution in [0.1, 0.15) is 30.6 Å². The van der Waals surface area contributed by atoms with Crippen LogP contribution in [0.2, 0.25) is 0 Å². The first-order valence-corrected chi connectivity index (χ1v) is 13.2. The van der Waals surface area contributed by atoms with E-state index in [1.807, 2.05) is 59.3 Å². The van der Waals surface area contributed by atoms with Crippen LogP contribution in [0.15, 0.2) is 58.1 Å². The Labute approximate surface area is 204 Å². The number of nitrogens with zero attached hydrogens (tertiary/aromatic N) is 2. The summed E-state index contributed by atoms with van der Waals surface area (Å²) in [6.45, 7) is 0.584. The van der Waals surface area contributed by atoms with Crippen LogP contribution in [0.4, 0.5) is 5.13 Å². The number of hydrogen-bond acceptors (Lipinski definition) is 7. The molecule has 4 rings (SSSR count). The number of nitrogens with one attached hydrogen (secondary N) is 1. The summed E-state index contributed by atoms with van der Waals surface area (Å²) in [6.07, 6.45) is 4.73. The third-order valence-corrected chi connectivity index (χ3v) is 7.75. The van der Waals surface area contributed by atoms with Crippen molar-refractivity contribution >= 4 is 74.0 Å². The Bertz CT molecular complexity index is 1120. The van der Waals surface area contributed by atoms with E-state index >= 15 is 0 Å². The van der Waals surface area contributed by atoms with Crippen LogP contribution in [-0.4, -0.2) is 32.6 Å². The van der Waals surface area contributed by atoms with Gasteiger partial charge in [0.1, 0.15) is 4.32 Å². The topological polar surface area (TPSA) is 62.3 Å². The summed E-state index contributed by atoms with van der Waals surface area (Å²) < 4.78 is 0.605. The molecule has 9 heteroatoms. The molecule has 0 saturated carbocycles. The van der Waals surface area contributed by atoms with Crippen LogP contribution < -0.4 is 5.32 Å². The molecule has 1 aromatic carbocycles. The quantitative estimate of drug-likeness (QED) is 0.213. The summed E-state index contributed by atoms with van der Waals surface area (Å²) in [4.78, 5) is 32.7. The number of thiazole rings is 1. The van der Waals surface area contributed by atoms with Gasteiger partial charge in [-0.3, -0.25) is 14.5 Å². The van der Waals surface area contributed by atoms with E-state index in [0.29, 0.717) is 27.3 Å². The first kappa shape index (κ1) is 22.8. The summed E-state index contributed by atoms with van der Waals surface area (Å²) in [5.74, 6) is -0.0624. The van der Waals surface area contributed by atoms with Crippen LogP contribution in [0.25, 0.3) is 17.3 Å². The molecular weight excluding hydrogens is 479 g/mol. The van der Waals surface area contributed by atoms with Gasteiger partial charge in [0.05, 0.1) is 10.6 Å². The van der Waals surface area contributed by atoms with E-state index < -0.39 is 0 Å². The fraction of sp³-hybridized carbons (Fsp3) is 0.217. The Morgan fingerprint density at radius 3 is 2.72 bits per heavy atom. The fourth-order valence-electron chi connectivity index (χ4n) is 3.18. The molecule has 0 atom stereocenters. The maximum absolute atomic E-state index is 12.6. The van der Waals surface area contributed by atoms with Crippen LogP contribution in [-0.2, 0) is 9.59 Å². The molecule has 0 unspecified atom stereocenters. The minimum Gasteiger partial charge on any atom is -0.302 e. The minimum atomic E-state index is -0.0385. The Balaban J connectivity index is 1.17. The van der Waals surface area contributed by atoms with Crippen LogP contribution >= 0.6 is 46.7 Å². The Kier molecular flexibility index (Phi) is 7.85. The van der Waals surface area contributed by atoms with E-state index in [4.69, 9.17) is 12.2 Å². The van der Waals surface area contributed by atoms with Gasteiger partial charge in [-0.25, -0.2) is 4.98 Å². The summed E-state index contributed by atoms with van der Waals surface area (Å²) in [6, 6.07) is 13.8. The molecule has 3 heterocycles. The number of amides is 2. The first-order valence-electron chi connectivity index (χ1n) is 10.2. The number of rotatable bonds is 9. The number of carbonyl (C=O) groups excluding carboxylic acids is 2. The molecule has 0 spiro atoms. The number of thiocarbonyl (C=S) groups is 1. The molecule has 1 saturated heterocycles. The predicted octanol–water partition coefficient (Wildman–Crippen LogP) is 6.27. The number of hydrogen-bond donors (Lipinski definition) is 1. The van der Waals surface area contributed by atoms with Gasteiger partial charge in [0, 0.05) is 28.8 Å². The van der Waals surface area contributed by atoms with E-state index in [-0.39, 0.29) is 11.8 Å². The van der Waals surface area contributed by atoms with Gasteiger partial charge in [0.2, 0.25) is 5.91 Å². The summed E-state index contributed by atoms with van der Waals surface area (Å²) >= 11 is 9.76. The number of anilines is 1. The molecule has 32 heavy (non-hydrogen) atoms. The third kappa shape index (κ3) is 5.92. The lowest BCUT2D eigenvalue weighted by Crippen LogP contribution is -2.29. The van der Waals surface area contributed by atoms with Gasteiger partial charge in [-0.1, -0.05) is 66.8 Å². The average Bonchev–Trinajstić information content (AvgIpc) is 3.53. The van der Waals surface area contributed by atoms with E-state index in [1.165, 1.54) is 23.1 Å². The lowest BCUT2D eigenvalue weighted by molar-refractivity contribution is -0.122. The lowest BCUT2D eigenvalue weighted by Gasteiger charge is -2.13. The number of aromatic nitrogens is 1. The van der Waals surface area contributed by atoms with Crippen molar-refractivity contribution in [1.82, 2.24) is 9.88 Å². The van der Waals surface area contributed by atoms with E-state index in [2.05, 4.69) is 10.3 Å². The minimum absolute atomic E-state index is 0.0240. The van der Waals surface area contributed by atoms with Crippen LogP contribution in [0, 0.1) is 0 Å². The summed E-state index contributed by atoms with van der Waals surface area (Å²) in [5, 5.41) is 7.42. The van der Waals surface area contributed by atoms with E-state index in [9.17, 15) is 9.59 Å². The SMILES string of the molecule is O=C(CCCCCN1C(=O)C(=Cc2cccs2)SC1=S)Nc1nc(-c2ccccc2)cs1. The number of thioether (sulfide) groups is 1. The zero-order valence-corrected chi connectivity index (χ0v) is 20.4. The zero-order chi connectivity index (χ0) is 22.3. The Morgan fingerprint density at radius 2 is 1.94 bits per heavy atom. The van der Waals surface area contributed by atoms with E-state index in [0.717, 1.165) is 35.4 Å². The van der Waals surface area contributed by atoms with Gasteiger partial charge >= 0.3 is 0 Å². The standard InChI is InChI=1S/C23H21N3O2S4/c27-20(25-22-24-18(15-31-22)16-8-3-1-4-9-16)11-5-2-6-12-26-21(28)19(32-23(26)29)14-17-10-7-13-30-17/h1,3-4,7-10,13-15H,2,5-6,11-12H2,(H,24,25,27). The molecule has 3 aromatic rings. The molecule has 1 fully saturated rings. The highest BCUT2D eigenvalue weighted by atomic mass is 32.2. The highest BCUT2D eigenvalue weighted by Gasteiger charge is 2.31. The van der Waals surface area contributed by atoms with Gasteiger partial charge in [0.25, 0.3) is 5.91 Å². The zero-order valence-electron chi connectivity index (χ0n) is 17.2. The van der Waals surface area contributed by atoms with Crippen molar-refractivity contribution in [2.45, 2.75) is 25.7 Å². The highest BCUT2D eigenvalue weighted by Crippen LogP contribution is 2.33. The molecular formula is C23H21N3O2S4. The second kappa shape index (κ2) is 11.0. The Hall–Kier alpha value is -2.33. The first-order chi connectivity index (χ1) is 15.6. The molecule has 0 bridgehead atoms. The van der Waals surface area contributed by atoms with Gasteiger partial charge < -0.3 is 5.32 Å². The van der Waals surface area contributed by atoms with Crippen molar-refractivity contribution in [3.05, 3.63) is 63.0 Å². The van der Waals surface area contributed by atoms with Crippen molar-refractivity contribution in [3.63, 3.8) is 0 Å². The maximum Gasteiger partial charge on any atom is 0.266 e. The number of benzene rings is 1. The molecule has 1 aliphatic rings. The average molecular weight is 500 g/mol. The van der Waals surface area contributed by atoms with Gasteiger partial charge in [-0.15, -0.1) is 22.7 Å². The summed E-state index contributed by atoms with van der Waals surface area (Å²) in [7, 11) is 0. The number of thiophene rings is 1. The highest BCUT2D eigenvalue weighted by molar-refractivity contribution is 8.26. The molecule has 164 valence electrons. The molecule has 2 aromatic heterocycles. The Morgan fingerprint density at radius 1 is 1.09 bits per heavy atom. The lowest BCUT2D eigenvalue weighted by atomic mass is 10.2. The maximum atomic E-state index is 12.6. The molecule has 1 aliphatic heterocycles. The largest absolute Gasteiger partial charge is 0.302 e. The normalized spacial score (nSPS) is 15.0. The van der Waals surface area contributed by atoms with Crippen molar-refractivity contribution in [1.29, 1.82) is 0 Å². The van der Waals surface area contributed by atoms with Crippen LogP contribution in [0.3, 0.4) is 0 Å². The number of carbonyl (C=O) groups is 2. The van der Waals surface area contributed by atoms with Crippen molar-refractivity contribution in [3.8, 4) is 11.3 Å². The van der Waals surface area contributed by atoms with Crippen LogP contribution in [0.5, 0.6) is 0 Å². The molecule has 1 N–H and O–H groups in total. The van der Waals surface area contributed by atoms with Crippen molar-refractivity contribution in [2.24, 2.45) is 0 Å². The molecule has 5 nitrogen and oxygen atoms in total. The van der Waals surface area contributed by atoms with Crippen molar-refractivity contribution < 1.29 is 9.59 Å². The fourth-order valence-corrected chi connectivity index (χ4v) is 5.95. The van der Waals surface area contributed by atoms with Gasteiger partial charge in [0.15, 0.2) is 5.13 Å². The number of unbranched alkanes of at least 4 members (excludes halogenated alkanes) is 2. The van der Waals surface area contributed by atoms with E-state index in [1.54, 1.807) is 16.2 Å². The monoisotopic (exact) mass is 499 g/mol. The predicted molar refractivity (Wildman–Crippen MR) is 139 cm³/mol. The summed E-state index contributed by atoms with van der Waals surface area (Å²) in [5.41, 5.74) is 1.90. The van der Waals surface area contributed by atoms with Gasteiger partial charge in [-0.2, -0.15) is 0 Å².